The predicted octanol–water partition coefficient (Wildman–Crippen LogP) is 1.40. The molecule has 18 heavy (non-hydrogen) atoms. The van der Waals surface area contributed by atoms with E-state index in [2.05, 4.69) is 15.2 Å². The molecule has 0 aliphatic heterocycles. The van der Waals surface area contributed by atoms with Crippen molar-refractivity contribution < 1.29 is 19.1 Å². The molecule has 1 amide bonds. The number of rotatable bonds is 3. The summed E-state index contributed by atoms with van der Waals surface area (Å²) in [6, 6.07) is 0. The predicted molar refractivity (Wildman–Crippen MR) is 64.1 cm³/mol. The summed E-state index contributed by atoms with van der Waals surface area (Å²) in [5, 5.41) is 6.41. The van der Waals surface area contributed by atoms with Crippen LogP contribution in [0.15, 0.2) is 12.4 Å². The fraction of sp³-hybridized carbons (Fsp3) is 0.545. The Bertz CT molecular complexity index is 434. The summed E-state index contributed by atoms with van der Waals surface area (Å²) >= 11 is 0. The molecule has 0 spiro atoms. The third-order valence-corrected chi connectivity index (χ3v) is 1.80. The van der Waals surface area contributed by atoms with Crippen molar-refractivity contribution in [1.82, 2.24) is 9.78 Å². The maximum Gasteiger partial charge on any atom is 0.412 e. The van der Waals surface area contributed by atoms with Gasteiger partial charge in [0.25, 0.3) is 0 Å². The summed E-state index contributed by atoms with van der Waals surface area (Å²) in [6.07, 6.45) is 2.37. The average Bonchev–Trinajstić information content (AvgIpc) is 2.62. The lowest BCUT2D eigenvalue weighted by atomic mass is 10.2. The third kappa shape index (κ3) is 4.86. The van der Waals surface area contributed by atoms with Crippen molar-refractivity contribution in [3.05, 3.63) is 12.4 Å². The SMILES string of the molecule is COC(=O)Cn1cc(NC(=O)OC(C)(C)C)cn1. The van der Waals surface area contributed by atoms with Crippen molar-refractivity contribution in [2.45, 2.75) is 32.9 Å². The molecule has 0 atom stereocenters. The summed E-state index contributed by atoms with van der Waals surface area (Å²) < 4.78 is 10.9. The highest BCUT2D eigenvalue weighted by molar-refractivity contribution is 5.84. The van der Waals surface area contributed by atoms with Crippen LogP contribution in [0.2, 0.25) is 0 Å². The number of aromatic nitrogens is 2. The van der Waals surface area contributed by atoms with Gasteiger partial charge in [-0.05, 0) is 20.8 Å². The van der Waals surface area contributed by atoms with Crippen LogP contribution in [0.3, 0.4) is 0 Å². The monoisotopic (exact) mass is 255 g/mol. The van der Waals surface area contributed by atoms with Gasteiger partial charge in [0.15, 0.2) is 0 Å². The van der Waals surface area contributed by atoms with Gasteiger partial charge in [0.05, 0.1) is 19.0 Å². The van der Waals surface area contributed by atoms with Crippen LogP contribution in [0.1, 0.15) is 20.8 Å². The third-order valence-electron chi connectivity index (χ3n) is 1.80. The van der Waals surface area contributed by atoms with Gasteiger partial charge in [0.1, 0.15) is 12.1 Å². The Labute approximate surface area is 105 Å². The van der Waals surface area contributed by atoms with Crippen molar-refractivity contribution in [3.8, 4) is 0 Å². The van der Waals surface area contributed by atoms with E-state index in [0.29, 0.717) is 5.69 Å². The lowest BCUT2D eigenvalue weighted by Crippen LogP contribution is -2.27. The van der Waals surface area contributed by atoms with Crippen molar-refractivity contribution in [1.29, 1.82) is 0 Å². The Balaban J connectivity index is 2.54. The van der Waals surface area contributed by atoms with Crippen LogP contribution in [-0.2, 0) is 20.8 Å². The summed E-state index contributed by atoms with van der Waals surface area (Å²) in [6.45, 7) is 5.31. The zero-order valence-corrected chi connectivity index (χ0v) is 10.9. The first kappa shape index (κ1) is 14.0. The smallest absolute Gasteiger partial charge is 0.412 e. The number of hydrogen-bond acceptors (Lipinski definition) is 5. The molecule has 0 aliphatic rings. The molecule has 1 heterocycles. The summed E-state index contributed by atoms with van der Waals surface area (Å²) in [5.41, 5.74) is -0.111. The van der Waals surface area contributed by atoms with Gasteiger partial charge in [-0.2, -0.15) is 5.10 Å². The molecule has 0 fully saturated rings. The van der Waals surface area contributed by atoms with Crippen molar-refractivity contribution >= 4 is 17.7 Å². The Morgan fingerprint density at radius 2 is 2.11 bits per heavy atom. The normalized spacial score (nSPS) is 10.9. The van der Waals surface area contributed by atoms with Crippen LogP contribution in [-0.4, -0.2) is 34.6 Å². The molecule has 0 saturated heterocycles. The molecular formula is C11H17N3O4. The van der Waals surface area contributed by atoms with E-state index in [1.807, 2.05) is 0 Å². The number of esters is 1. The van der Waals surface area contributed by atoms with Crippen molar-refractivity contribution in [2.24, 2.45) is 0 Å². The van der Waals surface area contributed by atoms with Gasteiger partial charge in [-0.3, -0.25) is 14.8 Å². The van der Waals surface area contributed by atoms with Crippen LogP contribution >= 0.6 is 0 Å². The first-order valence-electron chi connectivity index (χ1n) is 5.39. The Morgan fingerprint density at radius 1 is 1.44 bits per heavy atom. The fourth-order valence-electron chi connectivity index (χ4n) is 1.13. The largest absolute Gasteiger partial charge is 0.468 e. The molecule has 0 aliphatic carbocycles. The number of methoxy groups -OCH3 is 1. The summed E-state index contributed by atoms with van der Waals surface area (Å²) in [5.74, 6) is -0.415. The molecule has 0 radical (unpaired) electrons. The number of hydrogen-bond donors (Lipinski definition) is 1. The molecule has 0 aromatic carbocycles. The zero-order chi connectivity index (χ0) is 13.8. The number of ether oxygens (including phenoxy) is 2. The lowest BCUT2D eigenvalue weighted by molar-refractivity contribution is -0.141. The standard InChI is InChI=1S/C11H17N3O4/c1-11(2,3)18-10(16)13-8-5-12-14(6-8)7-9(15)17-4/h5-6H,7H2,1-4H3,(H,13,16). The molecule has 1 N–H and O–H groups in total. The van der Waals surface area contributed by atoms with Crippen LogP contribution in [0.5, 0.6) is 0 Å². The molecule has 1 rings (SSSR count). The van der Waals surface area contributed by atoms with Crippen LogP contribution in [0.25, 0.3) is 0 Å². The van der Waals surface area contributed by atoms with E-state index in [4.69, 9.17) is 4.74 Å². The molecule has 1 aromatic heterocycles. The number of nitrogens with one attached hydrogen (secondary N) is 1. The molecular weight excluding hydrogens is 238 g/mol. The number of anilines is 1. The minimum absolute atomic E-state index is 0.00744. The van der Waals surface area contributed by atoms with Gasteiger partial charge in [0, 0.05) is 6.20 Å². The highest BCUT2D eigenvalue weighted by atomic mass is 16.6. The second-order valence-corrected chi connectivity index (χ2v) is 4.63. The zero-order valence-electron chi connectivity index (χ0n) is 10.9. The first-order valence-corrected chi connectivity index (χ1v) is 5.39. The second-order valence-electron chi connectivity index (χ2n) is 4.63. The van der Waals surface area contributed by atoms with Gasteiger partial charge in [-0.15, -0.1) is 0 Å². The Hall–Kier alpha value is -2.05. The lowest BCUT2D eigenvalue weighted by Gasteiger charge is -2.19. The quantitative estimate of drug-likeness (QED) is 0.825. The molecule has 100 valence electrons. The van der Waals surface area contributed by atoms with Crippen LogP contribution in [0.4, 0.5) is 10.5 Å². The van der Waals surface area contributed by atoms with Crippen molar-refractivity contribution in [2.75, 3.05) is 12.4 Å². The van der Waals surface area contributed by atoms with E-state index >= 15 is 0 Å². The minimum atomic E-state index is -0.569. The number of amides is 1. The van der Waals surface area contributed by atoms with Crippen LogP contribution < -0.4 is 5.32 Å². The minimum Gasteiger partial charge on any atom is -0.468 e. The molecule has 0 saturated carbocycles. The van der Waals surface area contributed by atoms with Gasteiger partial charge < -0.3 is 9.47 Å². The number of carbonyl (C=O) groups is 2. The van der Waals surface area contributed by atoms with Crippen molar-refractivity contribution in [3.63, 3.8) is 0 Å². The maximum absolute atomic E-state index is 11.5. The highest BCUT2D eigenvalue weighted by Gasteiger charge is 2.16. The first-order chi connectivity index (χ1) is 8.30. The molecule has 7 heteroatoms. The Kier molecular flexibility index (Phi) is 4.30. The van der Waals surface area contributed by atoms with Gasteiger partial charge in [-0.25, -0.2) is 4.79 Å². The topological polar surface area (TPSA) is 82.5 Å². The molecule has 7 nitrogen and oxygen atoms in total. The van der Waals surface area contributed by atoms with E-state index in [1.165, 1.54) is 24.2 Å². The molecule has 0 bridgehead atoms. The maximum atomic E-state index is 11.5. The fourth-order valence-corrected chi connectivity index (χ4v) is 1.13. The van der Waals surface area contributed by atoms with Gasteiger partial charge >= 0.3 is 12.1 Å². The number of carbonyl (C=O) groups excluding carboxylic acids is 2. The van der Waals surface area contributed by atoms with E-state index < -0.39 is 17.7 Å². The summed E-state index contributed by atoms with van der Waals surface area (Å²) in [4.78, 5) is 22.5. The Morgan fingerprint density at radius 3 is 2.67 bits per heavy atom. The molecule has 0 unspecified atom stereocenters. The number of nitrogens with zero attached hydrogens (tertiary/aromatic N) is 2. The molecule has 1 aromatic rings. The van der Waals surface area contributed by atoms with E-state index in [1.54, 1.807) is 20.8 Å². The highest BCUT2D eigenvalue weighted by Crippen LogP contribution is 2.10. The average molecular weight is 255 g/mol. The van der Waals surface area contributed by atoms with Gasteiger partial charge in [-0.1, -0.05) is 0 Å². The second kappa shape index (κ2) is 5.52. The van der Waals surface area contributed by atoms with E-state index in [0.717, 1.165) is 0 Å². The summed E-state index contributed by atoms with van der Waals surface area (Å²) in [7, 11) is 1.30. The van der Waals surface area contributed by atoms with Gasteiger partial charge in [0.2, 0.25) is 0 Å². The van der Waals surface area contributed by atoms with E-state index in [9.17, 15) is 9.59 Å². The van der Waals surface area contributed by atoms with Crippen LogP contribution in [0, 0.1) is 0 Å². The van der Waals surface area contributed by atoms with E-state index in [-0.39, 0.29) is 6.54 Å².